The van der Waals surface area contributed by atoms with Gasteiger partial charge in [-0.3, -0.25) is 0 Å². The Bertz CT molecular complexity index is 659. The Morgan fingerprint density at radius 2 is 2.10 bits per heavy atom. The molecule has 104 valence electrons. The minimum Gasteiger partial charge on any atom is -0.490 e. The first kappa shape index (κ1) is 14.4. The Labute approximate surface area is 141 Å². The van der Waals surface area contributed by atoms with Crippen molar-refractivity contribution < 1.29 is 4.74 Å². The molecule has 0 saturated carbocycles. The number of hydrogen-bond donors (Lipinski definition) is 1. The van der Waals surface area contributed by atoms with Gasteiger partial charge in [0, 0.05) is 14.5 Å². The van der Waals surface area contributed by atoms with Crippen LogP contribution in [0.25, 0.3) is 0 Å². The van der Waals surface area contributed by atoms with Gasteiger partial charge in [0.25, 0.3) is 0 Å². The zero-order chi connectivity index (χ0) is 14.3. The van der Waals surface area contributed by atoms with Crippen LogP contribution in [0.2, 0.25) is 0 Å². The van der Waals surface area contributed by atoms with Gasteiger partial charge >= 0.3 is 0 Å². The Morgan fingerprint density at radius 3 is 2.90 bits per heavy atom. The quantitative estimate of drug-likeness (QED) is 0.697. The maximum atomic E-state index is 6.44. The first-order valence-corrected chi connectivity index (χ1v) is 8.42. The standard InChI is InChI=1S/C16H15BrINO/c1-9-6-11-7-10(2-5-15(11)20-9)16(19)13-8-12(18)3-4-14(13)17/h2-5,7-9,16H,6,19H2,1H3. The van der Waals surface area contributed by atoms with Crippen LogP contribution >= 0.6 is 38.5 Å². The van der Waals surface area contributed by atoms with E-state index in [1.165, 1.54) is 9.13 Å². The van der Waals surface area contributed by atoms with E-state index in [9.17, 15) is 0 Å². The van der Waals surface area contributed by atoms with Gasteiger partial charge in [0.15, 0.2) is 0 Å². The number of ether oxygens (including phenoxy) is 1. The molecule has 2 aromatic rings. The lowest BCUT2D eigenvalue weighted by Crippen LogP contribution is -2.13. The number of benzene rings is 2. The SMILES string of the molecule is CC1Cc2cc(C(N)c3cc(I)ccc3Br)ccc2O1. The van der Waals surface area contributed by atoms with Gasteiger partial charge in [-0.15, -0.1) is 0 Å². The van der Waals surface area contributed by atoms with Crippen LogP contribution in [0.1, 0.15) is 29.7 Å². The summed E-state index contributed by atoms with van der Waals surface area (Å²) in [6.45, 7) is 2.09. The second-order valence-corrected chi connectivity index (χ2v) is 7.24. The monoisotopic (exact) mass is 443 g/mol. The number of hydrogen-bond acceptors (Lipinski definition) is 2. The minimum absolute atomic E-state index is 0.125. The maximum absolute atomic E-state index is 6.44. The molecule has 0 bridgehead atoms. The first-order valence-electron chi connectivity index (χ1n) is 6.54. The predicted octanol–water partition coefficient (Wildman–Crippen LogP) is 4.43. The molecule has 1 aliphatic heterocycles. The van der Waals surface area contributed by atoms with Crippen molar-refractivity contribution in [3.05, 3.63) is 61.1 Å². The molecule has 0 saturated heterocycles. The van der Waals surface area contributed by atoms with Crippen LogP contribution in [-0.4, -0.2) is 6.10 Å². The van der Waals surface area contributed by atoms with Crippen molar-refractivity contribution in [2.24, 2.45) is 5.73 Å². The summed E-state index contributed by atoms with van der Waals surface area (Å²) in [4.78, 5) is 0. The molecule has 1 heterocycles. The van der Waals surface area contributed by atoms with Crippen molar-refractivity contribution >= 4 is 38.5 Å². The summed E-state index contributed by atoms with van der Waals surface area (Å²) in [6, 6.07) is 12.4. The van der Waals surface area contributed by atoms with Gasteiger partial charge in [0.1, 0.15) is 11.9 Å². The summed E-state index contributed by atoms with van der Waals surface area (Å²) in [5.41, 5.74) is 9.94. The molecule has 20 heavy (non-hydrogen) atoms. The third-order valence-electron chi connectivity index (χ3n) is 3.57. The largest absolute Gasteiger partial charge is 0.490 e. The lowest BCUT2D eigenvalue weighted by atomic mass is 9.97. The Morgan fingerprint density at radius 1 is 1.30 bits per heavy atom. The highest BCUT2D eigenvalue weighted by atomic mass is 127. The molecule has 0 aromatic heterocycles. The van der Waals surface area contributed by atoms with Gasteiger partial charge in [0.05, 0.1) is 6.04 Å². The molecule has 0 fully saturated rings. The summed E-state index contributed by atoms with van der Waals surface area (Å²) in [5.74, 6) is 0.996. The molecule has 2 aromatic carbocycles. The summed E-state index contributed by atoms with van der Waals surface area (Å²) in [7, 11) is 0. The zero-order valence-electron chi connectivity index (χ0n) is 11.1. The number of rotatable bonds is 2. The highest BCUT2D eigenvalue weighted by Gasteiger charge is 2.21. The van der Waals surface area contributed by atoms with Gasteiger partial charge in [-0.1, -0.05) is 28.1 Å². The van der Waals surface area contributed by atoms with Crippen LogP contribution < -0.4 is 10.5 Å². The van der Waals surface area contributed by atoms with Crippen molar-refractivity contribution in [1.82, 2.24) is 0 Å². The highest BCUT2D eigenvalue weighted by Crippen LogP contribution is 2.34. The topological polar surface area (TPSA) is 35.2 Å². The zero-order valence-corrected chi connectivity index (χ0v) is 14.8. The third kappa shape index (κ3) is 2.73. The number of halogens is 2. The summed E-state index contributed by atoms with van der Waals surface area (Å²) in [6.07, 6.45) is 1.23. The van der Waals surface area contributed by atoms with E-state index >= 15 is 0 Å². The molecule has 0 aliphatic carbocycles. The second kappa shape index (κ2) is 5.66. The van der Waals surface area contributed by atoms with E-state index in [2.05, 4.69) is 75.8 Å². The second-order valence-electron chi connectivity index (χ2n) is 5.14. The van der Waals surface area contributed by atoms with Crippen molar-refractivity contribution in [2.75, 3.05) is 0 Å². The average molecular weight is 444 g/mol. The first-order chi connectivity index (χ1) is 9.54. The van der Waals surface area contributed by atoms with Crippen molar-refractivity contribution in [1.29, 1.82) is 0 Å². The third-order valence-corrected chi connectivity index (χ3v) is 4.97. The fourth-order valence-electron chi connectivity index (χ4n) is 2.57. The van der Waals surface area contributed by atoms with E-state index in [0.717, 1.165) is 27.8 Å². The molecule has 2 unspecified atom stereocenters. The van der Waals surface area contributed by atoms with Crippen LogP contribution in [0, 0.1) is 3.57 Å². The molecule has 0 spiro atoms. The molecule has 2 N–H and O–H groups in total. The fourth-order valence-corrected chi connectivity index (χ4v) is 3.58. The van der Waals surface area contributed by atoms with E-state index < -0.39 is 0 Å². The fraction of sp³-hybridized carbons (Fsp3) is 0.250. The summed E-state index contributed by atoms with van der Waals surface area (Å²) < 4.78 is 7.98. The van der Waals surface area contributed by atoms with Crippen LogP contribution in [0.15, 0.2) is 40.9 Å². The molecule has 1 aliphatic rings. The predicted molar refractivity (Wildman–Crippen MR) is 93.1 cm³/mol. The minimum atomic E-state index is -0.125. The van der Waals surface area contributed by atoms with Crippen LogP contribution in [-0.2, 0) is 6.42 Å². The van der Waals surface area contributed by atoms with Crippen LogP contribution in [0.3, 0.4) is 0 Å². The van der Waals surface area contributed by atoms with E-state index in [1.54, 1.807) is 0 Å². The van der Waals surface area contributed by atoms with Gasteiger partial charge in [0.2, 0.25) is 0 Å². The summed E-state index contributed by atoms with van der Waals surface area (Å²) in [5, 5.41) is 0. The molecule has 4 heteroatoms. The van der Waals surface area contributed by atoms with E-state index in [-0.39, 0.29) is 12.1 Å². The molecule has 0 radical (unpaired) electrons. The normalized spacial score (nSPS) is 18.5. The smallest absolute Gasteiger partial charge is 0.123 e. The van der Waals surface area contributed by atoms with E-state index in [1.807, 2.05) is 6.07 Å². The van der Waals surface area contributed by atoms with Gasteiger partial charge < -0.3 is 10.5 Å². The molecule has 3 rings (SSSR count). The number of nitrogens with two attached hydrogens (primary N) is 1. The Kier molecular flexibility index (Phi) is 4.06. The van der Waals surface area contributed by atoms with E-state index in [4.69, 9.17) is 10.5 Å². The molecule has 2 atom stereocenters. The average Bonchev–Trinajstić information content (AvgIpc) is 2.79. The Hall–Kier alpha value is -0.590. The van der Waals surface area contributed by atoms with Crippen molar-refractivity contribution in [3.8, 4) is 5.75 Å². The van der Waals surface area contributed by atoms with Gasteiger partial charge in [-0.2, -0.15) is 0 Å². The lowest BCUT2D eigenvalue weighted by Gasteiger charge is -2.15. The van der Waals surface area contributed by atoms with Crippen LogP contribution in [0.4, 0.5) is 0 Å². The van der Waals surface area contributed by atoms with Gasteiger partial charge in [-0.25, -0.2) is 0 Å². The van der Waals surface area contributed by atoms with Crippen molar-refractivity contribution in [2.45, 2.75) is 25.5 Å². The molecular weight excluding hydrogens is 429 g/mol. The molecule has 2 nitrogen and oxygen atoms in total. The van der Waals surface area contributed by atoms with Gasteiger partial charge in [-0.05, 0) is 70.5 Å². The molecule has 0 amide bonds. The van der Waals surface area contributed by atoms with Crippen molar-refractivity contribution in [3.63, 3.8) is 0 Å². The van der Waals surface area contributed by atoms with Crippen LogP contribution in [0.5, 0.6) is 5.75 Å². The molecular formula is C16H15BrINO. The Balaban J connectivity index is 1.97. The van der Waals surface area contributed by atoms with E-state index in [0.29, 0.717) is 0 Å². The highest BCUT2D eigenvalue weighted by molar-refractivity contribution is 14.1. The summed E-state index contributed by atoms with van der Waals surface area (Å²) >= 11 is 5.90. The number of fused-ring (bicyclic) bond motifs is 1. The lowest BCUT2D eigenvalue weighted by molar-refractivity contribution is 0.254. The maximum Gasteiger partial charge on any atom is 0.123 e.